The van der Waals surface area contributed by atoms with E-state index in [1.165, 1.54) is 12.1 Å². The minimum Gasteiger partial charge on any atom is -0.444 e. The summed E-state index contributed by atoms with van der Waals surface area (Å²) in [6.45, 7) is 3.28. The molecule has 0 saturated heterocycles. The van der Waals surface area contributed by atoms with Gasteiger partial charge in [-0.1, -0.05) is 17.7 Å². The summed E-state index contributed by atoms with van der Waals surface area (Å²) in [5, 5.41) is -0.183. The van der Waals surface area contributed by atoms with Gasteiger partial charge in [0.05, 0.1) is 17.3 Å². The molecular weight excluding hydrogens is 307 g/mol. The second-order valence-electron chi connectivity index (χ2n) is 4.12. The molecule has 0 atom stereocenters. The molecule has 20 heavy (non-hydrogen) atoms. The van der Waals surface area contributed by atoms with Crippen molar-refractivity contribution in [3.8, 4) is 0 Å². The number of aryl methyl sites for hydroxylation is 2. The number of rotatable bonds is 4. The predicted octanol–water partition coefficient (Wildman–Crippen LogP) is 2.56. The zero-order valence-electron chi connectivity index (χ0n) is 10.8. The lowest BCUT2D eigenvalue weighted by Gasteiger charge is -2.07. The number of nitrogens with zero attached hydrogens (tertiary/aromatic N) is 1. The van der Waals surface area contributed by atoms with Gasteiger partial charge >= 0.3 is 0 Å². The fraction of sp³-hybridized carbons (Fsp3) is 0.250. The molecular formula is C12H12ClFN2O3S. The highest BCUT2D eigenvalue weighted by atomic mass is 35.5. The van der Waals surface area contributed by atoms with Crippen molar-refractivity contribution in [2.45, 2.75) is 25.3 Å². The van der Waals surface area contributed by atoms with E-state index in [4.69, 9.17) is 16.0 Å². The Bertz CT molecular complexity index is 703. The van der Waals surface area contributed by atoms with E-state index in [0.29, 0.717) is 11.5 Å². The summed E-state index contributed by atoms with van der Waals surface area (Å²) in [4.78, 5) is 3.45. The highest BCUT2D eigenvalue weighted by Crippen LogP contribution is 2.24. The van der Waals surface area contributed by atoms with Crippen LogP contribution < -0.4 is 4.72 Å². The highest BCUT2D eigenvalue weighted by Gasteiger charge is 2.23. The third-order valence-electron chi connectivity index (χ3n) is 2.67. The summed E-state index contributed by atoms with van der Waals surface area (Å²) in [6, 6.07) is 3.66. The van der Waals surface area contributed by atoms with Crippen LogP contribution in [0.15, 0.2) is 27.5 Å². The Morgan fingerprint density at radius 3 is 2.65 bits per heavy atom. The summed E-state index contributed by atoms with van der Waals surface area (Å²) in [5.74, 6) is -0.107. The van der Waals surface area contributed by atoms with E-state index in [9.17, 15) is 12.8 Å². The summed E-state index contributed by atoms with van der Waals surface area (Å²) in [6.07, 6.45) is 0. The number of aromatic nitrogens is 1. The van der Waals surface area contributed by atoms with Crippen molar-refractivity contribution in [3.05, 3.63) is 46.4 Å². The molecule has 1 aromatic heterocycles. The molecule has 0 aliphatic heterocycles. The van der Waals surface area contributed by atoms with Gasteiger partial charge in [0.25, 0.3) is 0 Å². The molecule has 5 nitrogen and oxygen atoms in total. The maximum Gasteiger partial charge on any atom is 0.245 e. The first-order valence-electron chi connectivity index (χ1n) is 5.68. The van der Waals surface area contributed by atoms with Crippen LogP contribution in [0.2, 0.25) is 5.02 Å². The maximum atomic E-state index is 13.6. The van der Waals surface area contributed by atoms with E-state index in [0.717, 1.165) is 6.07 Å². The van der Waals surface area contributed by atoms with Crippen LogP contribution in [0.1, 0.15) is 17.3 Å². The predicted molar refractivity (Wildman–Crippen MR) is 71.4 cm³/mol. The van der Waals surface area contributed by atoms with E-state index < -0.39 is 20.7 Å². The van der Waals surface area contributed by atoms with Crippen molar-refractivity contribution in [1.29, 1.82) is 0 Å². The van der Waals surface area contributed by atoms with Gasteiger partial charge in [-0.05, 0) is 26.0 Å². The average molecular weight is 319 g/mol. The molecule has 0 unspecified atom stereocenters. The Morgan fingerprint density at radius 1 is 1.40 bits per heavy atom. The zero-order chi connectivity index (χ0) is 14.9. The number of nitrogens with one attached hydrogen (secondary N) is 1. The van der Waals surface area contributed by atoms with Crippen LogP contribution in [0.25, 0.3) is 0 Å². The van der Waals surface area contributed by atoms with Crippen molar-refractivity contribution in [2.75, 3.05) is 0 Å². The van der Waals surface area contributed by atoms with E-state index in [2.05, 4.69) is 9.71 Å². The Balaban J connectivity index is 2.24. The zero-order valence-corrected chi connectivity index (χ0v) is 12.3. The minimum absolute atomic E-state index is 0.179. The number of oxazole rings is 1. The molecule has 1 aromatic carbocycles. The van der Waals surface area contributed by atoms with Crippen LogP contribution in [0, 0.1) is 19.7 Å². The minimum atomic E-state index is -4.08. The first-order valence-corrected chi connectivity index (χ1v) is 7.54. The smallest absolute Gasteiger partial charge is 0.245 e. The van der Waals surface area contributed by atoms with Gasteiger partial charge < -0.3 is 4.42 Å². The fourth-order valence-electron chi connectivity index (χ4n) is 1.58. The molecule has 8 heteroatoms. The second kappa shape index (κ2) is 5.51. The normalized spacial score (nSPS) is 11.8. The fourth-order valence-corrected chi connectivity index (χ4v) is 3.16. The molecule has 2 aromatic rings. The lowest BCUT2D eigenvalue weighted by Crippen LogP contribution is -2.24. The van der Waals surface area contributed by atoms with Gasteiger partial charge in [0.15, 0.2) is 0 Å². The monoisotopic (exact) mass is 318 g/mol. The van der Waals surface area contributed by atoms with Crippen molar-refractivity contribution < 1.29 is 17.2 Å². The number of hydrogen-bond donors (Lipinski definition) is 1. The largest absolute Gasteiger partial charge is 0.444 e. The molecule has 0 fully saturated rings. The van der Waals surface area contributed by atoms with Crippen LogP contribution in [-0.2, 0) is 16.6 Å². The molecule has 1 heterocycles. The molecule has 2 rings (SSSR count). The van der Waals surface area contributed by atoms with Gasteiger partial charge in [0.1, 0.15) is 16.5 Å². The molecule has 0 saturated carbocycles. The quantitative estimate of drug-likeness (QED) is 0.940. The molecule has 0 amide bonds. The van der Waals surface area contributed by atoms with Gasteiger partial charge in [0.2, 0.25) is 15.9 Å². The van der Waals surface area contributed by atoms with Crippen LogP contribution in [0.5, 0.6) is 0 Å². The van der Waals surface area contributed by atoms with Crippen LogP contribution >= 0.6 is 11.6 Å². The Labute approximate surface area is 120 Å². The van der Waals surface area contributed by atoms with Gasteiger partial charge in [-0.2, -0.15) is 0 Å². The topological polar surface area (TPSA) is 72.2 Å². The third kappa shape index (κ3) is 3.00. The summed E-state index contributed by atoms with van der Waals surface area (Å²) >= 11 is 5.73. The maximum absolute atomic E-state index is 13.6. The number of halogens is 2. The standard InChI is InChI=1S/C12H12ClFN2O3S/c1-7-8(2)19-11(16-7)6-15-20(17,18)12-9(13)4-3-5-10(12)14/h3-5,15H,6H2,1-2H3. The van der Waals surface area contributed by atoms with Gasteiger partial charge in [-0.3, -0.25) is 0 Å². The molecule has 108 valence electrons. The summed E-state index contributed by atoms with van der Waals surface area (Å²) in [5.41, 5.74) is 0.670. The van der Waals surface area contributed by atoms with E-state index >= 15 is 0 Å². The first-order chi connectivity index (χ1) is 9.31. The molecule has 0 aliphatic rings. The average Bonchev–Trinajstić information content (AvgIpc) is 2.66. The molecule has 0 spiro atoms. The third-order valence-corrected chi connectivity index (χ3v) is 4.58. The van der Waals surface area contributed by atoms with Crippen molar-refractivity contribution in [1.82, 2.24) is 9.71 Å². The van der Waals surface area contributed by atoms with Gasteiger partial charge in [0, 0.05) is 0 Å². The van der Waals surface area contributed by atoms with Crippen molar-refractivity contribution in [3.63, 3.8) is 0 Å². The molecule has 0 aliphatic carbocycles. The SMILES string of the molecule is Cc1nc(CNS(=O)(=O)c2c(F)cccc2Cl)oc1C. The number of benzene rings is 1. The second-order valence-corrected chi connectivity index (χ2v) is 6.24. The van der Waals surface area contributed by atoms with Crippen molar-refractivity contribution in [2.24, 2.45) is 0 Å². The van der Waals surface area contributed by atoms with Crippen molar-refractivity contribution >= 4 is 21.6 Å². The van der Waals surface area contributed by atoms with E-state index in [1.54, 1.807) is 13.8 Å². The summed E-state index contributed by atoms with van der Waals surface area (Å²) < 4.78 is 45.1. The number of hydrogen-bond acceptors (Lipinski definition) is 4. The Morgan fingerprint density at radius 2 is 2.10 bits per heavy atom. The molecule has 1 N–H and O–H groups in total. The van der Waals surface area contributed by atoms with E-state index in [-0.39, 0.29) is 17.5 Å². The highest BCUT2D eigenvalue weighted by molar-refractivity contribution is 7.89. The molecule has 0 radical (unpaired) electrons. The lowest BCUT2D eigenvalue weighted by molar-refractivity contribution is 0.462. The van der Waals surface area contributed by atoms with Crippen LogP contribution in [0.3, 0.4) is 0 Å². The van der Waals surface area contributed by atoms with E-state index in [1.807, 2.05) is 0 Å². The Kier molecular flexibility index (Phi) is 4.12. The lowest BCUT2D eigenvalue weighted by atomic mass is 10.3. The summed E-state index contributed by atoms with van der Waals surface area (Å²) in [7, 11) is -4.08. The van der Waals surface area contributed by atoms with Crippen LogP contribution in [-0.4, -0.2) is 13.4 Å². The first kappa shape index (κ1) is 15.0. The Hall–Kier alpha value is -1.44. The van der Waals surface area contributed by atoms with Gasteiger partial charge in [-0.25, -0.2) is 22.5 Å². The van der Waals surface area contributed by atoms with Crippen LogP contribution in [0.4, 0.5) is 4.39 Å². The van der Waals surface area contributed by atoms with Gasteiger partial charge in [-0.15, -0.1) is 0 Å². The number of sulfonamides is 1. The molecule has 0 bridgehead atoms.